The maximum Gasteiger partial charge on any atom is 0.331 e. The van der Waals surface area contributed by atoms with Crippen molar-refractivity contribution in [1.29, 1.82) is 0 Å². The third-order valence-electron chi connectivity index (χ3n) is 4.60. The van der Waals surface area contributed by atoms with E-state index in [9.17, 15) is 49.8 Å². The number of carboxylic acid groups (broad SMARTS) is 3. The van der Waals surface area contributed by atoms with Gasteiger partial charge in [-0.05, 0) is 20.8 Å². The van der Waals surface area contributed by atoms with Crippen LogP contribution in [0.15, 0.2) is 34.9 Å². The molecule has 1 unspecified atom stereocenters. The molecule has 0 saturated carbocycles. The molecule has 0 heterocycles. The summed E-state index contributed by atoms with van der Waals surface area (Å²) in [6, 6.07) is 0. The number of carbonyl (C=O) groups is 4. The van der Waals surface area contributed by atoms with Crippen LogP contribution in [-0.2, 0) is 23.9 Å². The molecule has 0 bridgehead atoms. The second kappa shape index (κ2) is 12.4. The number of rotatable bonds is 13. The third kappa shape index (κ3) is 8.11. The molecule has 32 heavy (non-hydrogen) atoms. The zero-order chi connectivity index (χ0) is 25.3. The summed E-state index contributed by atoms with van der Waals surface area (Å²) in [6.45, 7) is 0.582. The summed E-state index contributed by atoms with van der Waals surface area (Å²) >= 11 is 4.33. The molecule has 11 nitrogen and oxygen atoms in total. The summed E-state index contributed by atoms with van der Waals surface area (Å²) in [5.74, 6) is -7.00. The van der Waals surface area contributed by atoms with E-state index in [1.54, 1.807) is 0 Å². The van der Waals surface area contributed by atoms with Gasteiger partial charge < -0.3 is 35.4 Å². The monoisotopic (exact) mass is 476 g/mol. The van der Waals surface area contributed by atoms with E-state index in [2.05, 4.69) is 12.6 Å². The van der Waals surface area contributed by atoms with E-state index in [1.165, 1.54) is 13.8 Å². The highest BCUT2D eigenvalue weighted by molar-refractivity contribution is 7.82. The van der Waals surface area contributed by atoms with E-state index < -0.39 is 66.4 Å². The molecule has 0 aromatic heterocycles. The van der Waals surface area contributed by atoms with Gasteiger partial charge in [0.1, 0.15) is 6.61 Å². The molecule has 0 radical (unpaired) electrons. The first-order chi connectivity index (χ1) is 14.7. The number of aliphatic hydroxyl groups is 3. The minimum absolute atomic E-state index is 0.316. The molecule has 0 aromatic rings. The molecular weight excluding hydrogens is 448 g/mol. The van der Waals surface area contributed by atoms with Gasteiger partial charge >= 0.3 is 23.9 Å². The Balaban J connectivity index is 6.68. The van der Waals surface area contributed by atoms with Gasteiger partial charge in [-0.3, -0.25) is 4.79 Å². The van der Waals surface area contributed by atoms with Gasteiger partial charge in [0.2, 0.25) is 0 Å². The number of thiol groups is 1. The predicted octanol–water partition coefficient (Wildman–Crippen LogP) is -0.130. The summed E-state index contributed by atoms with van der Waals surface area (Å²) in [5.41, 5.74) is -2.57. The zero-order valence-electron chi connectivity index (χ0n) is 17.8. The molecule has 0 amide bonds. The second-order valence-electron chi connectivity index (χ2n) is 7.37. The molecule has 0 rings (SSSR count). The minimum atomic E-state index is -1.96. The number of carboxylic acids is 3. The smallest absolute Gasteiger partial charge is 0.331 e. The van der Waals surface area contributed by atoms with Gasteiger partial charge in [0, 0.05) is 16.7 Å². The first-order valence-corrected chi connectivity index (χ1v) is 9.62. The van der Waals surface area contributed by atoms with E-state index in [1.807, 2.05) is 0 Å². The van der Waals surface area contributed by atoms with Gasteiger partial charge in [-0.15, -0.1) is 0 Å². The molecule has 6 N–H and O–H groups in total. The molecule has 0 saturated heterocycles. The van der Waals surface area contributed by atoms with E-state index in [0.717, 1.165) is 25.2 Å². The van der Waals surface area contributed by atoms with E-state index >= 15 is 0 Å². The van der Waals surface area contributed by atoms with Crippen LogP contribution in [-0.4, -0.2) is 85.7 Å². The summed E-state index contributed by atoms with van der Waals surface area (Å²) < 4.78 is 3.14. The summed E-state index contributed by atoms with van der Waals surface area (Å²) in [4.78, 5) is 47.0. The number of carbonyl (C=O) groups excluding carboxylic acids is 1. The van der Waals surface area contributed by atoms with Gasteiger partial charge in [0.25, 0.3) is 0 Å². The van der Waals surface area contributed by atoms with Crippen molar-refractivity contribution in [3.8, 4) is 0 Å². The zero-order valence-corrected chi connectivity index (χ0v) is 18.7. The lowest BCUT2D eigenvalue weighted by Crippen LogP contribution is -2.42. The Morgan fingerprint density at radius 2 is 1.19 bits per heavy atom. The highest BCUT2D eigenvalue weighted by Crippen LogP contribution is 2.35. The Morgan fingerprint density at radius 1 is 0.812 bits per heavy atom. The molecule has 1 atom stereocenters. The van der Waals surface area contributed by atoms with Crippen LogP contribution in [0.5, 0.6) is 0 Å². The highest BCUT2D eigenvalue weighted by Gasteiger charge is 2.40. The van der Waals surface area contributed by atoms with Crippen LogP contribution >= 0.6 is 12.6 Å². The Kier molecular flexibility index (Phi) is 11.4. The van der Waals surface area contributed by atoms with Crippen LogP contribution in [0.1, 0.15) is 20.8 Å². The van der Waals surface area contributed by atoms with Gasteiger partial charge in [-0.2, -0.15) is 12.6 Å². The van der Waals surface area contributed by atoms with Gasteiger partial charge in [-0.25, -0.2) is 14.4 Å². The largest absolute Gasteiger partial charge is 0.478 e. The van der Waals surface area contributed by atoms with Crippen molar-refractivity contribution in [3.63, 3.8) is 0 Å². The van der Waals surface area contributed by atoms with Crippen LogP contribution < -0.4 is 0 Å². The average molecular weight is 477 g/mol. The molecule has 12 heteroatoms. The second-order valence-corrected chi connectivity index (χ2v) is 8.14. The average Bonchev–Trinajstić information content (AvgIpc) is 2.72. The Morgan fingerprint density at radius 3 is 1.50 bits per heavy atom. The van der Waals surface area contributed by atoms with Gasteiger partial charge in [0.15, 0.2) is 0 Å². The number of hydrogen-bond donors (Lipinski definition) is 7. The molecule has 0 aliphatic carbocycles. The maximum absolute atomic E-state index is 12.9. The number of hydrogen-bond acceptors (Lipinski definition) is 9. The molecule has 0 aromatic carbocycles. The van der Waals surface area contributed by atoms with Gasteiger partial charge in [0.05, 0.1) is 35.9 Å². The Labute approximate surface area is 189 Å². The van der Waals surface area contributed by atoms with Crippen molar-refractivity contribution in [2.24, 2.45) is 11.3 Å². The van der Waals surface area contributed by atoms with E-state index in [-0.39, 0.29) is 16.7 Å². The topological polar surface area (TPSA) is 199 Å². The van der Waals surface area contributed by atoms with Gasteiger partial charge in [-0.1, -0.05) is 18.2 Å². The Hall–Kier alpha value is -2.67. The fourth-order valence-corrected chi connectivity index (χ4v) is 2.92. The first-order valence-electron chi connectivity index (χ1n) is 9.17. The SMILES string of the molecule is CC(=CC(C(=O)OCC(CO)(CO)CO)C(S)(C=C(C)C(=O)O)C=C(C)C(=O)O)C(=O)O. The lowest BCUT2D eigenvalue weighted by molar-refractivity contribution is -0.155. The van der Waals surface area contributed by atoms with Crippen molar-refractivity contribution >= 4 is 36.5 Å². The van der Waals surface area contributed by atoms with Crippen molar-refractivity contribution in [2.45, 2.75) is 25.5 Å². The van der Waals surface area contributed by atoms with Crippen molar-refractivity contribution in [1.82, 2.24) is 0 Å². The normalized spacial score (nSPS) is 16.2. The van der Waals surface area contributed by atoms with Crippen molar-refractivity contribution < 1.29 is 54.6 Å². The number of ether oxygens (including phenoxy) is 1. The van der Waals surface area contributed by atoms with Crippen LogP contribution in [0.3, 0.4) is 0 Å². The van der Waals surface area contributed by atoms with E-state index in [0.29, 0.717) is 0 Å². The van der Waals surface area contributed by atoms with E-state index in [4.69, 9.17) is 4.74 Å². The first kappa shape index (κ1) is 29.3. The van der Waals surface area contributed by atoms with Crippen LogP contribution in [0.4, 0.5) is 0 Å². The molecule has 0 fully saturated rings. The fourth-order valence-electron chi connectivity index (χ4n) is 2.35. The molecule has 0 spiro atoms. The van der Waals surface area contributed by atoms with Crippen LogP contribution in [0.2, 0.25) is 0 Å². The van der Waals surface area contributed by atoms with Crippen LogP contribution in [0.25, 0.3) is 0 Å². The summed E-state index contributed by atoms with van der Waals surface area (Å²) in [6.07, 6.45) is 2.87. The fraction of sp³-hybridized carbons (Fsp3) is 0.500. The lowest BCUT2D eigenvalue weighted by Gasteiger charge is -2.32. The maximum atomic E-state index is 12.9. The van der Waals surface area contributed by atoms with Crippen molar-refractivity contribution in [2.75, 3.05) is 26.4 Å². The molecule has 180 valence electrons. The Bertz CT molecular complexity index is 783. The lowest BCUT2D eigenvalue weighted by atomic mass is 9.85. The standard InChI is InChI=1S/C20H28O11S/c1-11(15(24)25)4-14(18(30)31-10-19(7-21,8-22)9-23)20(32,5-12(2)16(26)27)6-13(3)17(28)29/h4-6,14,21-23,32H,7-10H2,1-3H3,(H,24,25)(H,26,27)(H,28,29). The minimum Gasteiger partial charge on any atom is -0.478 e. The van der Waals surface area contributed by atoms with Crippen LogP contribution in [0, 0.1) is 11.3 Å². The molecule has 0 aliphatic heterocycles. The number of aliphatic carboxylic acids is 3. The molecule has 0 aliphatic rings. The van der Waals surface area contributed by atoms with Crippen molar-refractivity contribution in [3.05, 3.63) is 34.9 Å². The quantitative estimate of drug-likeness (QED) is 0.106. The third-order valence-corrected chi connectivity index (χ3v) is 5.14. The summed E-state index contributed by atoms with van der Waals surface area (Å²) in [5, 5.41) is 55.9. The highest BCUT2D eigenvalue weighted by atomic mass is 32.1. The summed E-state index contributed by atoms with van der Waals surface area (Å²) in [7, 11) is 0. The predicted molar refractivity (Wildman–Crippen MR) is 114 cm³/mol. The molecular formula is C20H28O11S. The number of esters is 1. The number of aliphatic hydroxyl groups excluding tert-OH is 3.